The number of nitrogens with zero attached hydrogens (tertiary/aromatic N) is 4. The van der Waals surface area contributed by atoms with Crippen LogP contribution in [0.1, 0.15) is 17.9 Å². The van der Waals surface area contributed by atoms with Crippen molar-refractivity contribution in [2.24, 2.45) is 0 Å². The minimum Gasteiger partial charge on any atom is -0.431 e. The highest BCUT2D eigenvalue weighted by atomic mass is 19.3. The second kappa shape index (κ2) is 8.16. The molecule has 2 aromatic rings. The molecule has 3 aliphatic rings. The molecule has 0 radical (unpaired) electrons. The molecular weight excluding hydrogens is 411 g/mol. The molecule has 0 aromatic carbocycles. The second-order valence-corrected chi connectivity index (χ2v) is 8.30. The molecule has 3 saturated heterocycles. The summed E-state index contributed by atoms with van der Waals surface area (Å²) in [6, 6.07) is 5.87. The van der Waals surface area contributed by atoms with E-state index in [4.69, 9.17) is 15.5 Å². The Morgan fingerprint density at radius 1 is 1.16 bits per heavy atom. The highest BCUT2D eigenvalue weighted by Crippen LogP contribution is 2.36. The number of alkyl halides is 3. The zero-order valence-electron chi connectivity index (χ0n) is 16.9. The molecule has 1 unspecified atom stereocenters. The van der Waals surface area contributed by atoms with Crippen molar-refractivity contribution in [1.29, 1.82) is 0 Å². The summed E-state index contributed by atoms with van der Waals surface area (Å²) in [5.41, 5.74) is 7.86. The topological polar surface area (TPSA) is 76.7 Å². The Morgan fingerprint density at radius 2 is 1.97 bits per heavy atom. The maximum atomic E-state index is 13.8. The van der Waals surface area contributed by atoms with Crippen molar-refractivity contribution in [1.82, 2.24) is 14.9 Å². The predicted octanol–water partition coefficient (Wildman–Crippen LogP) is 2.67. The summed E-state index contributed by atoms with van der Waals surface area (Å²) in [5, 5.41) is 0. The van der Waals surface area contributed by atoms with Crippen LogP contribution >= 0.6 is 0 Å². The van der Waals surface area contributed by atoms with Crippen LogP contribution < -0.4 is 15.4 Å². The van der Waals surface area contributed by atoms with Gasteiger partial charge in [0, 0.05) is 37.3 Å². The molecule has 2 N–H and O–H groups in total. The van der Waals surface area contributed by atoms with Gasteiger partial charge in [0.25, 0.3) is 0 Å². The SMILES string of the molecule is Nc1ncc(-c2cc(C3CN(C4COC4)C3)cc(N3CCC(F)C3)n2)cc1OC(F)F. The van der Waals surface area contributed by atoms with E-state index in [2.05, 4.69) is 14.6 Å². The van der Waals surface area contributed by atoms with Gasteiger partial charge in [-0.25, -0.2) is 14.4 Å². The van der Waals surface area contributed by atoms with Crippen LogP contribution in [0.3, 0.4) is 0 Å². The maximum absolute atomic E-state index is 13.8. The first kappa shape index (κ1) is 20.3. The van der Waals surface area contributed by atoms with E-state index in [0.717, 1.165) is 31.9 Å². The first-order chi connectivity index (χ1) is 15.0. The molecule has 0 spiro atoms. The number of ether oxygens (including phenoxy) is 2. The third-order valence-electron chi connectivity index (χ3n) is 6.20. The molecule has 2 aromatic heterocycles. The Labute approximate surface area is 178 Å². The Bertz CT molecular complexity index is 953. The van der Waals surface area contributed by atoms with Crippen molar-refractivity contribution >= 4 is 11.6 Å². The molecule has 166 valence electrons. The number of pyridine rings is 2. The van der Waals surface area contributed by atoms with E-state index >= 15 is 0 Å². The van der Waals surface area contributed by atoms with Gasteiger partial charge in [-0.2, -0.15) is 8.78 Å². The molecule has 0 amide bonds. The summed E-state index contributed by atoms with van der Waals surface area (Å²) in [5.74, 6) is 0.707. The van der Waals surface area contributed by atoms with Gasteiger partial charge in [0.1, 0.15) is 12.0 Å². The fourth-order valence-electron chi connectivity index (χ4n) is 4.25. The fraction of sp³-hybridized carbons (Fsp3) is 0.524. The van der Waals surface area contributed by atoms with Crippen LogP contribution in [-0.4, -0.2) is 73.1 Å². The number of anilines is 2. The summed E-state index contributed by atoms with van der Waals surface area (Å²) in [6.07, 6.45) is 1.08. The molecule has 3 fully saturated rings. The maximum Gasteiger partial charge on any atom is 0.387 e. The molecular formula is C21H24F3N5O2. The van der Waals surface area contributed by atoms with Gasteiger partial charge in [0.05, 0.1) is 31.5 Å². The number of halogens is 3. The van der Waals surface area contributed by atoms with Crippen LogP contribution in [0.5, 0.6) is 5.75 Å². The number of nitrogens with two attached hydrogens (primary N) is 1. The lowest BCUT2D eigenvalue weighted by atomic mass is 9.89. The van der Waals surface area contributed by atoms with E-state index in [1.165, 1.54) is 12.3 Å². The van der Waals surface area contributed by atoms with Crippen molar-refractivity contribution in [2.45, 2.75) is 31.2 Å². The monoisotopic (exact) mass is 435 g/mol. The molecule has 0 aliphatic carbocycles. The highest BCUT2D eigenvalue weighted by molar-refractivity contribution is 5.67. The lowest BCUT2D eigenvalue weighted by molar-refractivity contribution is -0.0906. The van der Waals surface area contributed by atoms with E-state index in [0.29, 0.717) is 48.5 Å². The van der Waals surface area contributed by atoms with Crippen LogP contribution in [0.25, 0.3) is 11.3 Å². The summed E-state index contributed by atoms with van der Waals surface area (Å²) in [7, 11) is 0. The molecule has 5 heterocycles. The Hall–Kier alpha value is -2.59. The van der Waals surface area contributed by atoms with Gasteiger partial charge >= 0.3 is 6.61 Å². The van der Waals surface area contributed by atoms with Crippen LogP contribution in [0.2, 0.25) is 0 Å². The largest absolute Gasteiger partial charge is 0.431 e. The number of hydrogen-bond donors (Lipinski definition) is 1. The van der Waals surface area contributed by atoms with Gasteiger partial charge in [0.2, 0.25) is 0 Å². The standard InChI is InChI=1S/C21H24F3N5O2/c22-15-1-2-28(9-15)19-5-12(14-7-29(8-14)16-10-30-11-16)3-17(27-19)13-4-18(31-21(23)24)20(25)26-6-13/h3-6,14-16,21H,1-2,7-11H2,(H2,25,26). The van der Waals surface area contributed by atoms with Crippen molar-refractivity contribution in [2.75, 3.05) is 50.0 Å². The van der Waals surface area contributed by atoms with Crippen LogP contribution in [0.15, 0.2) is 24.4 Å². The summed E-state index contributed by atoms with van der Waals surface area (Å²) < 4.78 is 49.0. The number of hydrogen-bond acceptors (Lipinski definition) is 7. The molecule has 0 bridgehead atoms. The predicted molar refractivity (Wildman–Crippen MR) is 109 cm³/mol. The smallest absolute Gasteiger partial charge is 0.387 e. The minimum absolute atomic E-state index is 0.113. The normalized spacial score (nSPS) is 22.6. The molecule has 0 saturated carbocycles. The quantitative estimate of drug-likeness (QED) is 0.748. The minimum atomic E-state index is -3.00. The lowest BCUT2D eigenvalue weighted by Crippen LogP contribution is -2.58. The molecule has 10 heteroatoms. The fourth-order valence-corrected chi connectivity index (χ4v) is 4.25. The summed E-state index contributed by atoms with van der Waals surface area (Å²) in [6.45, 7) is 1.27. The lowest BCUT2D eigenvalue weighted by Gasteiger charge is -2.47. The summed E-state index contributed by atoms with van der Waals surface area (Å²) >= 11 is 0. The van der Waals surface area contributed by atoms with E-state index in [1.807, 2.05) is 17.0 Å². The van der Waals surface area contributed by atoms with E-state index in [1.54, 1.807) is 0 Å². The number of nitrogen functional groups attached to an aromatic ring is 1. The first-order valence-corrected chi connectivity index (χ1v) is 10.4. The Kier molecular flexibility index (Phi) is 5.35. The third kappa shape index (κ3) is 4.14. The van der Waals surface area contributed by atoms with Gasteiger partial charge in [-0.1, -0.05) is 0 Å². The average molecular weight is 435 g/mol. The second-order valence-electron chi connectivity index (χ2n) is 8.30. The van der Waals surface area contributed by atoms with E-state index < -0.39 is 12.8 Å². The summed E-state index contributed by atoms with van der Waals surface area (Å²) in [4.78, 5) is 13.0. The van der Waals surface area contributed by atoms with E-state index in [9.17, 15) is 13.2 Å². The van der Waals surface area contributed by atoms with Gasteiger partial charge in [0.15, 0.2) is 11.6 Å². The van der Waals surface area contributed by atoms with Crippen LogP contribution in [-0.2, 0) is 4.74 Å². The van der Waals surface area contributed by atoms with Crippen molar-refractivity contribution in [3.63, 3.8) is 0 Å². The van der Waals surface area contributed by atoms with Crippen LogP contribution in [0, 0.1) is 0 Å². The number of rotatable bonds is 6. The van der Waals surface area contributed by atoms with Crippen molar-refractivity contribution < 1.29 is 22.6 Å². The van der Waals surface area contributed by atoms with Crippen LogP contribution in [0.4, 0.5) is 24.8 Å². The average Bonchev–Trinajstić information content (AvgIpc) is 3.10. The molecule has 5 rings (SSSR count). The van der Waals surface area contributed by atoms with Gasteiger partial charge in [-0.3, -0.25) is 4.90 Å². The van der Waals surface area contributed by atoms with Gasteiger partial charge < -0.3 is 20.1 Å². The highest BCUT2D eigenvalue weighted by Gasteiger charge is 2.37. The third-order valence-corrected chi connectivity index (χ3v) is 6.20. The Balaban J connectivity index is 1.46. The number of aromatic nitrogens is 2. The zero-order chi connectivity index (χ0) is 21.5. The zero-order valence-corrected chi connectivity index (χ0v) is 16.9. The first-order valence-electron chi connectivity index (χ1n) is 10.4. The number of likely N-dealkylation sites (tertiary alicyclic amines) is 1. The van der Waals surface area contributed by atoms with E-state index in [-0.39, 0.29) is 11.6 Å². The molecule has 3 aliphatic heterocycles. The van der Waals surface area contributed by atoms with Crippen molar-refractivity contribution in [3.05, 3.63) is 30.0 Å². The van der Waals surface area contributed by atoms with Crippen molar-refractivity contribution in [3.8, 4) is 17.0 Å². The molecule has 31 heavy (non-hydrogen) atoms. The van der Waals surface area contributed by atoms with Gasteiger partial charge in [-0.15, -0.1) is 0 Å². The van der Waals surface area contributed by atoms with Gasteiger partial charge in [-0.05, 0) is 30.2 Å². The molecule has 1 atom stereocenters. The molecule has 7 nitrogen and oxygen atoms in total. The Morgan fingerprint density at radius 3 is 2.61 bits per heavy atom.